The smallest absolute Gasteiger partial charge is 0.262 e. The Balaban J connectivity index is 1.82. The van der Waals surface area contributed by atoms with Crippen molar-refractivity contribution < 1.29 is 4.79 Å². The highest BCUT2D eigenvalue weighted by Gasteiger charge is 2.11. The fraction of sp³-hybridized carbons (Fsp3) is 0.263. The first-order valence-corrected chi connectivity index (χ1v) is 9.79. The molecule has 6 nitrogen and oxygen atoms in total. The van der Waals surface area contributed by atoms with Crippen molar-refractivity contribution in [3.8, 4) is 0 Å². The van der Waals surface area contributed by atoms with Crippen molar-refractivity contribution in [2.45, 2.75) is 32.9 Å². The van der Waals surface area contributed by atoms with E-state index < -0.39 is 0 Å². The molecule has 0 saturated carbocycles. The monoisotopic (exact) mass is 400 g/mol. The summed E-state index contributed by atoms with van der Waals surface area (Å²) in [6.07, 6.45) is 1.61. The molecule has 0 saturated heterocycles. The average Bonchev–Trinajstić information content (AvgIpc) is 3.12. The standard InChI is InChI=1S/C19H20N4O2S2/c1-4-7-23-18(25)14-6-5-12(8-15(14)22-19(23)26)16(24)20-9-13-10-27-17(21-13)11(2)3/h4-6,8,10-11H,1,7,9H2,2-3H3,(H,20,24)(H,22,26). The summed E-state index contributed by atoms with van der Waals surface area (Å²) < 4.78 is 1.73. The molecule has 0 radical (unpaired) electrons. The van der Waals surface area contributed by atoms with Crippen LogP contribution in [0.1, 0.15) is 40.8 Å². The Morgan fingerprint density at radius 2 is 2.26 bits per heavy atom. The van der Waals surface area contributed by atoms with Crippen LogP contribution in [0.5, 0.6) is 0 Å². The summed E-state index contributed by atoms with van der Waals surface area (Å²) in [7, 11) is 0. The van der Waals surface area contributed by atoms with Crippen LogP contribution in [0.2, 0.25) is 0 Å². The molecule has 0 bridgehead atoms. The number of amides is 1. The van der Waals surface area contributed by atoms with Crippen molar-refractivity contribution in [1.29, 1.82) is 0 Å². The van der Waals surface area contributed by atoms with Gasteiger partial charge in [-0.15, -0.1) is 17.9 Å². The van der Waals surface area contributed by atoms with E-state index in [-0.39, 0.29) is 11.5 Å². The van der Waals surface area contributed by atoms with Crippen molar-refractivity contribution >= 4 is 40.4 Å². The van der Waals surface area contributed by atoms with Gasteiger partial charge in [-0.2, -0.15) is 0 Å². The van der Waals surface area contributed by atoms with Gasteiger partial charge in [0, 0.05) is 23.4 Å². The molecule has 2 N–H and O–H groups in total. The van der Waals surface area contributed by atoms with Gasteiger partial charge in [-0.3, -0.25) is 14.2 Å². The van der Waals surface area contributed by atoms with Gasteiger partial charge in [0.05, 0.1) is 28.1 Å². The second-order valence-electron chi connectivity index (χ2n) is 6.41. The van der Waals surface area contributed by atoms with Gasteiger partial charge in [-0.05, 0) is 30.4 Å². The summed E-state index contributed by atoms with van der Waals surface area (Å²) in [6.45, 7) is 8.50. The number of thiazole rings is 1. The van der Waals surface area contributed by atoms with E-state index >= 15 is 0 Å². The number of aromatic nitrogens is 3. The minimum absolute atomic E-state index is 0.204. The lowest BCUT2D eigenvalue weighted by molar-refractivity contribution is 0.0950. The van der Waals surface area contributed by atoms with Crippen LogP contribution in [0.25, 0.3) is 10.9 Å². The first kappa shape index (κ1) is 19.2. The number of hydrogen-bond acceptors (Lipinski definition) is 5. The van der Waals surface area contributed by atoms with E-state index in [9.17, 15) is 9.59 Å². The van der Waals surface area contributed by atoms with Crippen LogP contribution < -0.4 is 10.9 Å². The molecule has 0 atom stereocenters. The third-order valence-corrected chi connectivity index (χ3v) is 5.57. The zero-order valence-electron chi connectivity index (χ0n) is 15.1. The van der Waals surface area contributed by atoms with Crippen molar-refractivity contribution in [3.05, 3.63) is 67.6 Å². The lowest BCUT2D eigenvalue weighted by Gasteiger charge is -2.08. The van der Waals surface area contributed by atoms with E-state index in [0.29, 0.717) is 40.2 Å². The molecule has 0 aliphatic rings. The molecule has 0 unspecified atom stereocenters. The predicted octanol–water partition coefficient (Wildman–Crippen LogP) is 3.75. The van der Waals surface area contributed by atoms with Crippen molar-refractivity contribution in [3.63, 3.8) is 0 Å². The summed E-state index contributed by atoms with van der Waals surface area (Å²) in [6, 6.07) is 4.91. The molecule has 27 heavy (non-hydrogen) atoms. The van der Waals surface area contributed by atoms with Crippen LogP contribution >= 0.6 is 23.6 Å². The Morgan fingerprint density at radius 1 is 1.48 bits per heavy atom. The fourth-order valence-corrected chi connectivity index (χ4v) is 3.73. The minimum Gasteiger partial charge on any atom is -0.346 e. The molecule has 1 aromatic carbocycles. The molecule has 0 spiro atoms. The maximum atomic E-state index is 12.5. The minimum atomic E-state index is -0.231. The number of rotatable bonds is 6. The second-order valence-corrected chi connectivity index (χ2v) is 7.69. The molecule has 0 aliphatic carbocycles. The maximum Gasteiger partial charge on any atom is 0.262 e. The number of allylic oxidation sites excluding steroid dienone is 1. The summed E-state index contributed by atoms with van der Waals surface area (Å²) in [5, 5.41) is 6.34. The third-order valence-electron chi connectivity index (χ3n) is 4.05. The number of nitrogens with one attached hydrogen (secondary N) is 2. The Bertz CT molecular complexity index is 1120. The van der Waals surface area contributed by atoms with Crippen LogP contribution in [-0.2, 0) is 13.1 Å². The molecule has 0 fully saturated rings. The van der Waals surface area contributed by atoms with Crippen LogP contribution in [0, 0.1) is 4.77 Å². The Morgan fingerprint density at radius 3 is 2.93 bits per heavy atom. The van der Waals surface area contributed by atoms with Crippen LogP contribution in [-0.4, -0.2) is 20.4 Å². The predicted molar refractivity (Wildman–Crippen MR) is 111 cm³/mol. The molecule has 3 rings (SSSR count). The Hall–Kier alpha value is -2.58. The first-order chi connectivity index (χ1) is 12.9. The number of aromatic amines is 1. The van der Waals surface area contributed by atoms with Crippen LogP contribution in [0.3, 0.4) is 0 Å². The van der Waals surface area contributed by atoms with E-state index in [1.165, 1.54) is 4.57 Å². The highest BCUT2D eigenvalue weighted by atomic mass is 32.1. The Labute approximate surface area is 165 Å². The number of nitrogens with zero attached hydrogens (tertiary/aromatic N) is 2. The summed E-state index contributed by atoms with van der Waals surface area (Å²) in [5.41, 5.74) is 1.62. The van der Waals surface area contributed by atoms with E-state index in [0.717, 1.165) is 10.7 Å². The topological polar surface area (TPSA) is 79.8 Å². The summed E-state index contributed by atoms with van der Waals surface area (Å²) in [4.78, 5) is 32.5. The van der Waals surface area contributed by atoms with Gasteiger partial charge in [0.25, 0.3) is 11.5 Å². The largest absolute Gasteiger partial charge is 0.346 e. The molecule has 1 amide bonds. The molecule has 140 valence electrons. The molecule has 2 heterocycles. The SMILES string of the molecule is C=CCn1c(=S)[nH]c2cc(C(=O)NCc3csc(C(C)C)n3)ccc2c1=O. The number of carbonyl (C=O) groups is 1. The molecule has 8 heteroatoms. The summed E-state index contributed by atoms with van der Waals surface area (Å²) in [5.74, 6) is 0.138. The third kappa shape index (κ3) is 4.06. The highest BCUT2D eigenvalue weighted by molar-refractivity contribution is 7.71. The van der Waals surface area contributed by atoms with E-state index in [1.807, 2.05) is 5.38 Å². The maximum absolute atomic E-state index is 12.5. The van der Waals surface area contributed by atoms with E-state index in [4.69, 9.17) is 12.2 Å². The zero-order chi connectivity index (χ0) is 19.6. The van der Waals surface area contributed by atoms with Gasteiger partial charge in [0.15, 0.2) is 4.77 Å². The summed E-state index contributed by atoms with van der Waals surface area (Å²) >= 11 is 6.82. The highest BCUT2D eigenvalue weighted by Crippen LogP contribution is 2.19. The average molecular weight is 401 g/mol. The van der Waals surface area contributed by atoms with E-state index in [2.05, 4.69) is 35.7 Å². The van der Waals surface area contributed by atoms with Crippen LogP contribution in [0.4, 0.5) is 0 Å². The van der Waals surface area contributed by atoms with Gasteiger partial charge in [-0.1, -0.05) is 19.9 Å². The molecular weight excluding hydrogens is 380 g/mol. The number of H-pyrrole nitrogens is 1. The van der Waals surface area contributed by atoms with Gasteiger partial charge >= 0.3 is 0 Å². The Kier molecular flexibility index (Phi) is 5.67. The van der Waals surface area contributed by atoms with E-state index in [1.54, 1.807) is 35.6 Å². The lowest BCUT2D eigenvalue weighted by atomic mass is 10.1. The fourth-order valence-electron chi connectivity index (χ4n) is 2.63. The van der Waals surface area contributed by atoms with Crippen molar-refractivity contribution in [2.24, 2.45) is 0 Å². The number of carbonyl (C=O) groups excluding carboxylic acids is 1. The second kappa shape index (κ2) is 7.98. The quantitative estimate of drug-likeness (QED) is 0.488. The first-order valence-electron chi connectivity index (χ1n) is 8.51. The zero-order valence-corrected chi connectivity index (χ0v) is 16.7. The van der Waals surface area contributed by atoms with Gasteiger partial charge in [-0.25, -0.2) is 4.98 Å². The molecule has 2 aromatic heterocycles. The van der Waals surface area contributed by atoms with Gasteiger partial charge in [0.2, 0.25) is 0 Å². The van der Waals surface area contributed by atoms with Gasteiger partial charge < -0.3 is 10.3 Å². The lowest BCUT2D eigenvalue weighted by Crippen LogP contribution is -2.24. The number of fused-ring (bicyclic) bond motifs is 1. The molecule has 3 aromatic rings. The van der Waals surface area contributed by atoms with Crippen molar-refractivity contribution in [2.75, 3.05) is 0 Å². The molecule has 0 aliphatic heterocycles. The van der Waals surface area contributed by atoms with Gasteiger partial charge in [0.1, 0.15) is 0 Å². The van der Waals surface area contributed by atoms with Crippen LogP contribution in [0.15, 0.2) is 41.0 Å². The normalized spacial score (nSPS) is 11.1. The molecular formula is C19H20N4O2S2. The number of hydrogen-bond donors (Lipinski definition) is 2. The number of benzene rings is 1. The van der Waals surface area contributed by atoms with Crippen molar-refractivity contribution in [1.82, 2.24) is 19.9 Å².